The van der Waals surface area contributed by atoms with Gasteiger partial charge in [0.15, 0.2) is 11.5 Å². The van der Waals surface area contributed by atoms with Crippen LogP contribution in [0.1, 0.15) is 30.0 Å². The number of aromatic nitrogens is 5. The minimum Gasteiger partial charge on any atom is -0.495 e. The summed E-state index contributed by atoms with van der Waals surface area (Å²) >= 11 is 0. The number of nitrogens with one attached hydrogen (secondary N) is 1. The topological polar surface area (TPSA) is 142 Å². The first-order valence-corrected chi connectivity index (χ1v) is 13.1. The lowest BCUT2D eigenvalue weighted by Crippen LogP contribution is -2.33. The highest BCUT2D eigenvalue weighted by molar-refractivity contribution is 7.93. The number of methoxy groups -OCH3 is 3. The van der Waals surface area contributed by atoms with E-state index in [0.29, 0.717) is 22.6 Å². The van der Waals surface area contributed by atoms with E-state index in [1.165, 1.54) is 34.3 Å². The molecule has 0 aliphatic carbocycles. The molecule has 0 aliphatic heterocycles. The third-order valence-corrected chi connectivity index (χ3v) is 7.83. The Morgan fingerprint density at radius 3 is 2.47 bits per heavy atom. The number of para-hydroxylation sites is 1. The van der Waals surface area contributed by atoms with Crippen molar-refractivity contribution in [2.24, 2.45) is 4.99 Å². The van der Waals surface area contributed by atoms with Crippen LogP contribution >= 0.6 is 0 Å². The molecule has 0 radical (unpaired) electrons. The third-order valence-electron chi connectivity index (χ3n) is 6.14. The van der Waals surface area contributed by atoms with E-state index in [1.54, 1.807) is 22.9 Å². The van der Waals surface area contributed by atoms with Crippen LogP contribution in [0.25, 0.3) is 16.6 Å². The number of hydrogen-bond donors (Lipinski definition) is 1. The molecule has 200 valence electrons. The summed E-state index contributed by atoms with van der Waals surface area (Å²) in [6.45, 7) is 8.95. The fraction of sp³-hybridized carbons (Fsp3) is 0.320. The molecule has 0 aliphatic rings. The molecular formula is C25H29N7O5S. The van der Waals surface area contributed by atoms with Crippen molar-refractivity contribution in [1.29, 1.82) is 0 Å². The largest absolute Gasteiger partial charge is 0.495 e. The Bertz CT molecular complexity index is 1630. The van der Waals surface area contributed by atoms with Crippen LogP contribution in [0.2, 0.25) is 0 Å². The average molecular weight is 540 g/mol. The molecule has 0 saturated heterocycles. The van der Waals surface area contributed by atoms with Crippen molar-refractivity contribution in [3.63, 3.8) is 0 Å². The van der Waals surface area contributed by atoms with Gasteiger partial charge in [0.2, 0.25) is 21.9 Å². The summed E-state index contributed by atoms with van der Waals surface area (Å²) in [6, 6.07) is 5.48. The molecule has 12 nitrogen and oxygen atoms in total. The lowest BCUT2D eigenvalue weighted by Gasteiger charge is -2.22. The standard InChI is InChI=1S/C25H29N7O5S/c1-8-19(36-6)28-20-15(3)17-10-9-11-18(35-5)21(17)32-24(20)29-30-25(32)31-38(33,34)16(4)22(37-7)23-26-12-14(2)13-27-23/h8-13,16,22H,1H2,2-7H3,(H,30,31)/t16-,22-/m0/s1. The second kappa shape index (κ2) is 10.7. The summed E-state index contributed by atoms with van der Waals surface area (Å²) in [7, 11) is 0.333. The number of ether oxygens (including phenoxy) is 3. The van der Waals surface area contributed by atoms with Gasteiger partial charge in [-0.3, -0.25) is 9.12 Å². The Morgan fingerprint density at radius 1 is 1.16 bits per heavy atom. The van der Waals surface area contributed by atoms with E-state index in [1.807, 2.05) is 26.0 Å². The summed E-state index contributed by atoms with van der Waals surface area (Å²) in [4.78, 5) is 13.1. The lowest BCUT2D eigenvalue weighted by atomic mass is 10.1. The van der Waals surface area contributed by atoms with Crippen LogP contribution in [0.5, 0.6) is 5.75 Å². The third kappa shape index (κ3) is 4.77. The van der Waals surface area contributed by atoms with Crippen molar-refractivity contribution in [2.75, 3.05) is 26.1 Å². The molecule has 0 saturated carbocycles. The summed E-state index contributed by atoms with van der Waals surface area (Å²) < 4.78 is 47.7. The molecule has 0 unspecified atom stereocenters. The van der Waals surface area contributed by atoms with E-state index >= 15 is 0 Å². The van der Waals surface area contributed by atoms with Gasteiger partial charge < -0.3 is 14.2 Å². The Balaban J connectivity index is 1.90. The highest BCUT2D eigenvalue weighted by atomic mass is 32.2. The smallest absolute Gasteiger partial charge is 0.243 e. The molecule has 1 aromatic carbocycles. The molecule has 4 aromatic rings. The van der Waals surface area contributed by atoms with Crippen LogP contribution in [-0.4, -0.2) is 65.5 Å². The second-order valence-electron chi connectivity index (χ2n) is 8.50. The van der Waals surface area contributed by atoms with Crippen LogP contribution in [-0.2, 0) is 19.5 Å². The monoisotopic (exact) mass is 539 g/mol. The summed E-state index contributed by atoms with van der Waals surface area (Å²) in [5, 5.41) is 8.13. The predicted octanol–water partition coefficient (Wildman–Crippen LogP) is 3.68. The normalized spacial score (nSPS) is 13.9. The van der Waals surface area contributed by atoms with Gasteiger partial charge in [-0.2, -0.15) is 0 Å². The molecule has 1 N–H and O–H groups in total. The van der Waals surface area contributed by atoms with Gasteiger partial charge in [-0.15, -0.1) is 10.2 Å². The summed E-state index contributed by atoms with van der Waals surface area (Å²) in [5.74, 6) is 0.961. The Hall–Kier alpha value is -4.10. The zero-order chi connectivity index (χ0) is 27.6. The Kier molecular flexibility index (Phi) is 7.60. The highest BCUT2D eigenvalue weighted by Gasteiger charge is 2.34. The molecule has 38 heavy (non-hydrogen) atoms. The van der Waals surface area contributed by atoms with Gasteiger partial charge in [-0.1, -0.05) is 18.7 Å². The number of fused-ring (bicyclic) bond motifs is 3. The SMILES string of the molecule is C=CC(=Nc1c(C)c2cccc(OC)c2n2c(NS(=O)(=O)[C@@H](C)[C@H](OC)c3ncc(C)cn3)nnc12)OC. The Labute approximate surface area is 220 Å². The molecular weight excluding hydrogens is 510 g/mol. The highest BCUT2D eigenvalue weighted by Crippen LogP contribution is 2.38. The van der Waals surface area contributed by atoms with E-state index in [0.717, 1.165) is 16.5 Å². The first kappa shape index (κ1) is 26.9. The van der Waals surface area contributed by atoms with Crippen molar-refractivity contribution in [2.45, 2.75) is 32.1 Å². The maximum absolute atomic E-state index is 13.6. The molecule has 0 fully saturated rings. The van der Waals surface area contributed by atoms with Crippen LogP contribution in [0.4, 0.5) is 11.6 Å². The van der Waals surface area contributed by atoms with Gasteiger partial charge >= 0.3 is 0 Å². The zero-order valence-electron chi connectivity index (χ0n) is 22.0. The van der Waals surface area contributed by atoms with E-state index in [9.17, 15) is 8.42 Å². The van der Waals surface area contributed by atoms with Gasteiger partial charge in [-0.05, 0) is 44.0 Å². The minimum atomic E-state index is -4.08. The zero-order valence-corrected chi connectivity index (χ0v) is 22.8. The molecule has 13 heteroatoms. The van der Waals surface area contributed by atoms with Crippen molar-refractivity contribution < 1.29 is 22.6 Å². The summed E-state index contributed by atoms with van der Waals surface area (Å²) in [5.41, 5.74) is 2.92. The first-order chi connectivity index (χ1) is 18.2. The van der Waals surface area contributed by atoms with Crippen LogP contribution in [0.15, 0.2) is 48.2 Å². The molecule has 0 amide bonds. The van der Waals surface area contributed by atoms with Crippen molar-refractivity contribution >= 4 is 44.1 Å². The lowest BCUT2D eigenvalue weighted by molar-refractivity contribution is 0.0949. The molecule has 2 atom stereocenters. The molecule has 3 aromatic heterocycles. The Morgan fingerprint density at radius 2 is 1.87 bits per heavy atom. The second-order valence-corrected chi connectivity index (χ2v) is 10.5. The predicted molar refractivity (Wildman–Crippen MR) is 145 cm³/mol. The van der Waals surface area contributed by atoms with Gasteiger partial charge in [0.25, 0.3) is 0 Å². The van der Waals surface area contributed by atoms with E-state index < -0.39 is 21.4 Å². The van der Waals surface area contributed by atoms with Gasteiger partial charge in [0, 0.05) is 24.9 Å². The molecule has 0 bridgehead atoms. The maximum atomic E-state index is 13.6. The average Bonchev–Trinajstić information content (AvgIpc) is 3.32. The molecule has 3 heterocycles. The van der Waals surface area contributed by atoms with Crippen LogP contribution < -0.4 is 9.46 Å². The number of aliphatic imine (C=N–C) groups is 1. The number of hydrogen-bond acceptors (Lipinski definition) is 10. The fourth-order valence-corrected chi connectivity index (χ4v) is 5.22. The maximum Gasteiger partial charge on any atom is 0.243 e. The number of nitrogens with zero attached hydrogens (tertiary/aromatic N) is 6. The number of anilines is 1. The van der Waals surface area contributed by atoms with E-state index in [2.05, 4.69) is 36.5 Å². The minimum absolute atomic E-state index is 0.0463. The first-order valence-electron chi connectivity index (χ1n) is 11.6. The van der Waals surface area contributed by atoms with E-state index in [4.69, 9.17) is 14.2 Å². The van der Waals surface area contributed by atoms with Crippen LogP contribution in [0.3, 0.4) is 0 Å². The van der Waals surface area contributed by atoms with Crippen LogP contribution in [0, 0.1) is 13.8 Å². The number of rotatable bonds is 9. The van der Waals surface area contributed by atoms with Crippen molar-refractivity contribution in [1.82, 2.24) is 24.6 Å². The fourth-order valence-electron chi connectivity index (χ4n) is 4.09. The van der Waals surface area contributed by atoms with Crippen molar-refractivity contribution in [3.05, 3.63) is 60.2 Å². The number of sulfonamides is 1. The van der Waals surface area contributed by atoms with E-state index in [-0.39, 0.29) is 17.7 Å². The number of pyridine rings is 1. The van der Waals surface area contributed by atoms with Gasteiger partial charge in [0.05, 0.1) is 14.2 Å². The summed E-state index contributed by atoms with van der Waals surface area (Å²) in [6.07, 6.45) is 3.74. The molecule has 0 spiro atoms. The van der Waals surface area contributed by atoms with Gasteiger partial charge in [-0.25, -0.2) is 23.4 Å². The number of benzene rings is 1. The number of aryl methyl sites for hydroxylation is 2. The molecule has 4 rings (SSSR count). The quantitative estimate of drug-likeness (QED) is 0.249. The van der Waals surface area contributed by atoms with Gasteiger partial charge in [0.1, 0.15) is 28.3 Å². The van der Waals surface area contributed by atoms with Crippen molar-refractivity contribution in [3.8, 4) is 5.75 Å².